The van der Waals surface area contributed by atoms with Gasteiger partial charge in [0.05, 0.1) is 22.6 Å². The highest BCUT2D eigenvalue weighted by molar-refractivity contribution is 7.09. The fourth-order valence-corrected chi connectivity index (χ4v) is 3.48. The highest BCUT2D eigenvalue weighted by atomic mass is 32.1. The predicted octanol–water partition coefficient (Wildman–Crippen LogP) is 4.63. The lowest BCUT2D eigenvalue weighted by molar-refractivity contribution is -0.116. The van der Waals surface area contributed by atoms with E-state index in [2.05, 4.69) is 20.8 Å². The minimum absolute atomic E-state index is 0.142. The number of carbonyl (C=O) groups is 1. The number of carbonyl (C=O) groups excluding carboxylic acids is 1. The van der Waals surface area contributed by atoms with E-state index in [9.17, 15) is 4.79 Å². The van der Waals surface area contributed by atoms with E-state index >= 15 is 0 Å². The topological polar surface area (TPSA) is 59.8 Å². The Kier molecular flexibility index (Phi) is 5.63. The number of nitrogens with zero attached hydrogens (tertiary/aromatic N) is 3. The Balaban J connectivity index is 1.31. The predicted molar refractivity (Wildman–Crippen MR) is 117 cm³/mol. The number of aryl methyl sites for hydroxylation is 1. The lowest BCUT2D eigenvalue weighted by Crippen LogP contribution is -2.20. The van der Waals surface area contributed by atoms with Gasteiger partial charge in [-0.05, 0) is 30.7 Å². The summed E-state index contributed by atoms with van der Waals surface area (Å²) in [5, 5.41) is 10.3. The molecule has 0 unspecified atom stereocenters. The number of hydrogen-bond acceptors (Lipinski definition) is 4. The van der Waals surface area contributed by atoms with Gasteiger partial charge < -0.3 is 5.32 Å². The van der Waals surface area contributed by atoms with Crippen molar-refractivity contribution in [3.05, 3.63) is 94.6 Å². The van der Waals surface area contributed by atoms with Crippen molar-refractivity contribution in [2.24, 2.45) is 0 Å². The molecule has 0 aliphatic carbocycles. The summed E-state index contributed by atoms with van der Waals surface area (Å²) >= 11 is 1.64. The second kappa shape index (κ2) is 8.67. The first kappa shape index (κ1) is 18.8. The third kappa shape index (κ3) is 4.86. The largest absolute Gasteiger partial charge is 0.348 e. The summed E-state index contributed by atoms with van der Waals surface area (Å²) in [6.07, 6.45) is 6.90. The SMILES string of the molecule is Cc1nc(-c2ccc(CNC(=O)/C=C/c3cnn(-c4ccccc4)c3)cc2)cs1. The summed E-state index contributed by atoms with van der Waals surface area (Å²) < 4.78 is 1.78. The standard InChI is InChI=1S/C23H20N4OS/c1-17-26-22(16-29-17)20-10-7-18(8-11-20)13-24-23(28)12-9-19-14-25-27(15-19)21-5-3-2-4-6-21/h2-12,14-16H,13H2,1H3,(H,24,28)/b12-9+. The molecular weight excluding hydrogens is 380 g/mol. The van der Waals surface area contributed by atoms with Crippen LogP contribution in [0.25, 0.3) is 23.0 Å². The molecule has 4 rings (SSSR count). The van der Waals surface area contributed by atoms with Crippen LogP contribution >= 0.6 is 11.3 Å². The molecule has 6 heteroatoms. The summed E-state index contributed by atoms with van der Waals surface area (Å²) in [6, 6.07) is 17.9. The van der Waals surface area contributed by atoms with Crippen LogP contribution in [0.4, 0.5) is 0 Å². The maximum Gasteiger partial charge on any atom is 0.244 e. The van der Waals surface area contributed by atoms with Gasteiger partial charge in [-0.15, -0.1) is 11.3 Å². The van der Waals surface area contributed by atoms with Gasteiger partial charge in [-0.1, -0.05) is 42.5 Å². The zero-order valence-corrected chi connectivity index (χ0v) is 16.8. The molecule has 0 spiro atoms. The van der Waals surface area contributed by atoms with Crippen LogP contribution in [-0.2, 0) is 11.3 Å². The minimum Gasteiger partial charge on any atom is -0.348 e. The molecule has 0 aliphatic rings. The van der Waals surface area contributed by atoms with Gasteiger partial charge >= 0.3 is 0 Å². The Morgan fingerprint density at radius 2 is 1.93 bits per heavy atom. The Morgan fingerprint density at radius 1 is 1.14 bits per heavy atom. The van der Waals surface area contributed by atoms with Gasteiger partial charge in [0, 0.05) is 35.3 Å². The van der Waals surface area contributed by atoms with E-state index in [0.29, 0.717) is 6.54 Å². The van der Waals surface area contributed by atoms with Crippen LogP contribution in [-0.4, -0.2) is 20.7 Å². The highest BCUT2D eigenvalue weighted by Gasteiger charge is 2.03. The highest BCUT2D eigenvalue weighted by Crippen LogP contribution is 2.21. The van der Waals surface area contributed by atoms with Gasteiger partial charge in [-0.25, -0.2) is 9.67 Å². The van der Waals surface area contributed by atoms with Crippen LogP contribution in [0.15, 0.2) is 78.4 Å². The molecule has 0 fully saturated rings. The smallest absolute Gasteiger partial charge is 0.244 e. The van der Waals surface area contributed by atoms with Gasteiger partial charge in [-0.3, -0.25) is 4.79 Å². The molecule has 1 N–H and O–H groups in total. The summed E-state index contributed by atoms with van der Waals surface area (Å²) in [4.78, 5) is 16.6. The number of nitrogens with one attached hydrogen (secondary N) is 1. The first-order valence-electron chi connectivity index (χ1n) is 9.25. The zero-order valence-electron chi connectivity index (χ0n) is 15.9. The Morgan fingerprint density at radius 3 is 2.66 bits per heavy atom. The maximum atomic E-state index is 12.1. The second-order valence-electron chi connectivity index (χ2n) is 6.55. The first-order valence-corrected chi connectivity index (χ1v) is 10.1. The molecule has 0 saturated heterocycles. The van der Waals surface area contributed by atoms with E-state index in [4.69, 9.17) is 0 Å². The van der Waals surface area contributed by atoms with Crippen LogP contribution in [0.2, 0.25) is 0 Å². The summed E-state index contributed by atoms with van der Waals surface area (Å²) in [5.74, 6) is -0.142. The Bertz CT molecular complexity index is 1130. The normalized spacial score (nSPS) is 11.1. The van der Waals surface area contributed by atoms with Crippen molar-refractivity contribution in [1.29, 1.82) is 0 Å². The molecule has 0 aliphatic heterocycles. The fraction of sp³-hybridized carbons (Fsp3) is 0.0870. The van der Waals surface area contributed by atoms with Crippen LogP contribution in [0.1, 0.15) is 16.1 Å². The van der Waals surface area contributed by atoms with Crippen molar-refractivity contribution in [3.8, 4) is 16.9 Å². The summed E-state index contributed by atoms with van der Waals surface area (Å²) in [5.41, 5.74) is 4.96. The van der Waals surface area contributed by atoms with Crippen LogP contribution < -0.4 is 5.32 Å². The summed E-state index contributed by atoms with van der Waals surface area (Å²) in [7, 11) is 0. The molecule has 5 nitrogen and oxygen atoms in total. The number of hydrogen-bond donors (Lipinski definition) is 1. The molecule has 4 aromatic rings. The monoisotopic (exact) mass is 400 g/mol. The van der Waals surface area contributed by atoms with E-state index in [1.807, 2.05) is 67.7 Å². The molecule has 144 valence electrons. The average Bonchev–Trinajstić information content (AvgIpc) is 3.41. The number of benzene rings is 2. The zero-order chi connectivity index (χ0) is 20.1. The lowest BCUT2D eigenvalue weighted by Gasteiger charge is -2.04. The molecule has 29 heavy (non-hydrogen) atoms. The van der Waals surface area contributed by atoms with Crippen molar-refractivity contribution in [2.45, 2.75) is 13.5 Å². The van der Waals surface area contributed by atoms with Crippen molar-refractivity contribution in [1.82, 2.24) is 20.1 Å². The van der Waals surface area contributed by atoms with E-state index < -0.39 is 0 Å². The van der Waals surface area contributed by atoms with E-state index in [1.165, 1.54) is 6.08 Å². The molecule has 0 radical (unpaired) electrons. The number of aromatic nitrogens is 3. The first-order chi connectivity index (χ1) is 14.2. The second-order valence-corrected chi connectivity index (χ2v) is 7.62. The molecule has 0 bridgehead atoms. The van der Waals surface area contributed by atoms with Gasteiger partial charge in [0.25, 0.3) is 0 Å². The number of thiazole rings is 1. The third-order valence-electron chi connectivity index (χ3n) is 4.39. The lowest BCUT2D eigenvalue weighted by atomic mass is 10.1. The Hall–Kier alpha value is -3.51. The fourth-order valence-electron chi connectivity index (χ4n) is 2.85. The quantitative estimate of drug-likeness (QED) is 0.480. The molecule has 2 heterocycles. The van der Waals surface area contributed by atoms with Gasteiger partial charge in [-0.2, -0.15) is 5.10 Å². The number of rotatable bonds is 6. The van der Waals surface area contributed by atoms with E-state index in [0.717, 1.165) is 33.1 Å². The van der Waals surface area contributed by atoms with Gasteiger partial charge in [0.1, 0.15) is 0 Å². The average molecular weight is 401 g/mol. The maximum absolute atomic E-state index is 12.1. The van der Waals surface area contributed by atoms with Crippen molar-refractivity contribution >= 4 is 23.3 Å². The third-order valence-corrected chi connectivity index (χ3v) is 5.16. The van der Waals surface area contributed by atoms with Gasteiger partial charge in [0.2, 0.25) is 5.91 Å². The van der Waals surface area contributed by atoms with Gasteiger partial charge in [0.15, 0.2) is 0 Å². The van der Waals surface area contributed by atoms with E-state index in [1.54, 1.807) is 28.3 Å². The molecule has 2 aromatic carbocycles. The van der Waals surface area contributed by atoms with Crippen LogP contribution in [0.5, 0.6) is 0 Å². The van der Waals surface area contributed by atoms with Crippen molar-refractivity contribution < 1.29 is 4.79 Å². The molecular formula is C23H20N4OS. The van der Waals surface area contributed by atoms with Crippen LogP contribution in [0.3, 0.4) is 0 Å². The van der Waals surface area contributed by atoms with Crippen molar-refractivity contribution in [3.63, 3.8) is 0 Å². The molecule has 0 atom stereocenters. The Labute approximate surface area is 173 Å². The van der Waals surface area contributed by atoms with Crippen LogP contribution in [0, 0.1) is 6.92 Å². The molecule has 1 amide bonds. The van der Waals surface area contributed by atoms with E-state index in [-0.39, 0.29) is 5.91 Å². The molecule has 2 aromatic heterocycles. The van der Waals surface area contributed by atoms with Crippen molar-refractivity contribution in [2.75, 3.05) is 0 Å². The number of para-hydroxylation sites is 1. The summed E-state index contributed by atoms with van der Waals surface area (Å²) in [6.45, 7) is 2.47. The minimum atomic E-state index is -0.142. The molecule has 0 saturated carbocycles. The number of amides is 1.